The molecule has 0 aromatic heterocycles. The van der Waals surface area contributed by atoms with Crippen LogP contribution in [0.25, 0.3) is 0 Å². The Morgan fingerprint density at radius 3 is 2.71 bits per heavy atom. The van der Waals surface area contributed by atoms with Gasteiger partial charge in [-0.05, 0) is 31.9 Å². The monoisotopic (exact) mass is 215 g/mol. The molecule has 84 valence electrons. The highest BCUT2D eigenvalue weighted by Gasteiger charge is 2.24. The second-order valence-electron chi connectivity index (χ2n) is 4.58. The first-order chi connectivity index (χ1) is 6.77. The molecule has 1 aliphatic carbocycles. The van der Waals surface area contributed by atoms with Gasteiger partial charge in [0, 0.05) is 17.8 Å². The molecule has 0 spiro atoms. The summed E-state index contributed by atoms with van der Waals surface area (Å²) in [5, 5.41) is 3.80. The van der Waals surface area contributed by atoms with Crippen molar-refractivity contribution in [3.63, 3.8) is 0 Å². The van der Waals surface area contributed by atoms with Crippen molar-refractivity contribution in [3.8, 4) is 0 Å². The molecule has 0 bridgehead atoms. The zero-order chi connectivity index (χ0) is 10.4. The van der Waals surface area contributed by atoms with Crippen LogP contribution in [0.2, 0.25) is 0 Å². The van der Waals surface area contributed by atoms with Gasteiger partial charge in [-0.25, -0.2) is 0 Å². The quantitative estimate of drug-likeness (QED) is 0.755. The highest BCUT2D eigenvalue weighted by atomic mass is 32.2. The predicted molar refractivity (Wildman–Crippen MR) is 67.0 cm³/mol. The molecule has 1 nitrogen and oxygen atoms in total. The van der Waals surface area contributed by atoms with Crippen molar-refractivity contribution in [1.82, 2.24) is 5.32 Å². The molecule has 1 aliphatic rings. The van der Waals surface area contributed by atoms with Crippen LogP contribution in [0, 0.1) is 5.92 Å². The summed E-state index contributed by atoms with van der Waals surface area (Å²) in [5.74, 6) is 2.18. The summed E-state index contributed by atoms with van der Waals surface area (Å²) in [6.45, 7) is 4.65. The molecule has 2 heteroatoms. The fraction of sp³-hybridized carbons (Fsp3) is 1.00. The van der Waals surface area contributed by atoms with Gasteiger partial charge in [-0.15, -0.1) is 0 Å². The van der Waals surface area contributed by atoms with E-state index in [2.05, 4.69) is 25.4 Å². The number of nitrogens with one attached hydrogen (secondary N) is 1. The van der Waals surface area contributed by atoms with Crippen LogP contribution in [-0.4, -0.2) is 24.1 Å². The Hall–Kier alpha value is 0.310. The Morgan fingerprint density at radius 2 is 2.07 bits per heavy atom. The lowest BCUT2D eigenvalue weighted by Gasteiger charge is -2.33. The van der Waals surface area contributed by atoms with Gasteiger partial charge in [-0.2, -0.15) is 11.8 Å². The summed E-state index contributed by atoms with van der Waals surface area (Å²) in [6.07, 6.45) is 9.27. The summed E-state index contributed by atoms with van der Waals surface area (Å²) in [5.41, 5.74) is 0. The molecule has 0 aromatic rings. The van der Waals surface area contributed by atoms with Gasteiger partial charge in [0.1, 0.15) is 0 Å². The SMILES string of the molecule is CCC1CCCCC1NC(C)CSC. The predicted octanol–water partition coefficient (Wildman–Crippen LogP) is 3.30. The number of thioether (sulfide) groups is 1. The summed E-state index contributed by atoms with van der Waals surface area (Å²) < 4.78 is 0. The molecule has 3 atom stereocenters. The Kier molecular flexibility index (Phi) is 5.95. The van der Waals surface area contributed by atoms with Gasteiger partial charge in [0.05, 0.1) is 0 Å². The molecule has 1 rings (SSSR count). The first-order valence-electron chi connectivity index (χ1n) is 6.03. The van der Waals surface area contributed by atoms with Crippen LogP contribution in [0.5, 0.6) is 0 Å². The van der Waals surface area contributed by atoms with E-state index in [1.807, 2.05) is 11.8 Å². The lowest BCUT2D eigenvalue weighted by molar-refractivity contribution is 0.245. The molecule has 0 radical (unpaired) electrons. The Morgan fingerprint density at radius 1 is 1.36 bits per heavy atom. The summed E-state index contributed by atoms with van der Waals surface area (Å²) in [6, 6.07) is 1.48. The minimum Gasteiger partial charge on any atom is -0.310 e. The van der Waals surface area contributed by atoms with Crippen molar-refractivity contribution < 1.29 is 0 Å². The second kappa shape index (κ2) is 6.73. The van der Waals surface area contributed by atoms with E-state index in [9.17, 15) is 0 Å². The van der Waals surface area contributed by atoms with E-state index in [0.29, 0.717) is 6.04 Å². The second-order valence-corrected chi connectivity index (χ2v) is 5.49. The molecular weight excluding hydrogens is 190 g/mol. The zero-order valence-corrected chi connectivity index (χ0v) is 10.7. The molecule has 1 fully saturated rings. The maximum Gasteiger partial charge on any atom is 0.0132 e. The van der Waals surface area contributed by atoms with Crippen molar-refractivity contribution in [1.29, 1.82) is 0 Å². The molecule has 1 N–H and O–H groups in total. The largest absolute Gasteiger partial charge is 0.310 e. The van der Waals surface area contributed by atoms with E-state index in [-0.39, 0.29) is 0 Å². The van der Waals surface area contributed by atoms with Crippen LogP contribution in [0.1, 0.15) is 46.0 Å². The van der Waals surface area contributed by atoms with E-state index in [1.165, 1.54) is 37.9 Å². The smallest absolute Gasteiger partial charge is 0.0132 e. The van der Waals surface area contributed by atoms with E-state index in [4.69, 9.17) is 0 Å². The van der Waals surface area contributed by atoms with Crippen molar-refractivity contribution in [2.24, 2.45) is 5.92 Å². The molecule has 14 heavy (non-hydrogen) atoms. The fourth-order valence-electron chi connectivity index (χ4n) is 2.58. The minimum atomic E-state index is 0.683. The average Bonchev–Trinajstić information content (AvgIpc) is 2.19. The normalized spacial score (nSPS) is 30.2. The lowest BCUT2D eigenvalue weighted by atomic mass is 9.82. The third kappa shape index (κ3) is 3.82. The summed E-state index contributed by atoms with van der Waals surface area (Å²) in [4.78, 5) is 0. The number of hydrogen-bond donors (Lipinski definition) is 1. The van der Waals surface area contributed by atoms with E-state index in [0.717, 1.165) is 12.0 Å². The minimum absolute atomic E-state index is 0.683. The van der Waals surface area contributed by atoms with Crippen LogP contribution < -0.4 is 5.32 Å². The molecule has 1 saturated carbocycles. The molecule has 0 aliphatic heterocycles. The first kappa shape index (κ1) is 12.4. The Bertz CT molecular complexity index is 149. The highest BCUT2D eigenvalue weighted by Crippen LogP contribution is 2.27. The third-order valence-electron chi connectivity index (χ3n) is 3.35. The lowest BCUT2D eigenvalue weighted by Crippen LogP contribution is -2.44. The van der Waals surface area contributed by atoms with Crippen molar-refractivity contribution in [2.45, 2.75) is 58.0 Å². The summed E-state index contributed by atoms with van der Waals surface area (Å²) >= 11 is 1.94. The van der Waals surface area contributed by atoms with Crippen LogP contribution in [-0.2, 0) is 0 Å². The molecule has 0 amide bonds. The van der Waals surface area contributed by atoms with E-state index < -0.39 is 0 Å². The average molecular weight is 215 g/mol. The van der Waals surface area contributed by atoms with Gasteiger partial charge in [-0.3, -0.25) is 0 Å². The Labute approximate surface area is 93.4 Å². The van der Waals surface area contributed by atoms with Gasteiger partial charge >= 0.3 is 0 Å². The van der Waals surface area contributed by atoms with Crippen LogP contribution in [0.4, 0.5) is 0 Å². The van der Waals surface area contributed by atoms with Crippen LogP contribution in [0.15, 0.2) is 0 Å². The topological polar surface area (TPSA) is 12.0 Å². The van der Waals surface area contributed by atoms with Crippen molar-refractivity contribution in [3.05, 3.63) is 0 Å². The van der Waals surface area contributed by atoms with Gasteiger partial charge < -0.3 is 5.32 Å². The molecule has 0 heterocycles. The molecular formula is C12H25NS. The van der Waals surface area contributed by atoms with Crippen LogP contribution >= 0.6 is 11.8 Å². The molecule has 0 saturated heterocycles. The van der Waals surface area contributed by atoms with Crippen molar-refractivity contribution >= 4 is 11.8 Å². The fourth-order valence-corrected chi connectivity index (χ4v) is 3.18. The molecule has 0 aromatic carbocycles. The van der Waals surface area contributed by atoms with E-state index >= 15 is 0 Å². The maximum absolute atomic E-state index is 3.80. The number of hydrogen-bond acceptors (Lipinski definition) is 2. The third-order valence-corrected chi connectivity index (χ3v) is 4.18. The highest BCUT2D eigenvalue weighted by molar-refractivity contribution is 7.98. The Balaban J connectivity index is 2.32. The summed E-state index contributed by atoms with van der Waals surface area (Å²) in [7, 11) is 0. The standard InChI is InChI=1S/C12H25NS/c1-4-11-7-5-6-8-12(11)13-10(2)9-14-3/h10-13H,4-9H2,1-3H3. The van der Waals surface area contributed by atoms with E-state index in [1.54, 1.807) is 0 Å². The molecule has 3 unspecified atom stereocenters. The first-order valence-corrected chi connectivity index (χ1v) is 7.42. The van der Waals surface area contributed by atoms with Gasteiger partial charge in [0.25, 0.3) is 0 Å². The van der Waals surface area contributed by atoms with Gasteiger partial charge in [-0.1, -0.05) is 26.2 Å². The number of rotatable bonds is 5. The van der Waals surface area contributed by atoms with Crippen LogP contribution in [0.3, 0.4) is 0 Å². The maximum atomic E-state index is 3.80. The van der Waals surface area contributed by atoms with Crippen molar-refractivity contribution in [2.75, 3.05) is 12.0 Å². The van der Waals surface area contributed by atoms with Gasteiger partial charge in [0.2, 0.25) is 0 Å². The van der Waals surface area contributed by atoms with Gasteiger partial charge in [0.15, 0.2) is 0 Å². The zero-order valence-electron chi connectivity index (χ0n) is 9.88.